The highest BCUT2D eigenvalue weighted by Crippen LogP contribution is 2.32. The maximum absolute atomic E-state index is 12.9. The fraction of sp³-hybridized carbons (Fsp3) is 0.562. The molecule has 0 aliphatic carbocycles. The summed E-state index contributed by atoms with van der Waals surface area (Å²) in [5.41, 5.74) is 1.84. The van der Waals surface area contributed by atoms with E-state index in [1.165, 1.54) is 0 Å². The summed E-state index contributed by atoms with van der Waals surface area (Å²) in [6, 6.07) is 3.80. The van der Waals surface area contributed by atoms with Gasteiger partial charge in [0.25, 0.3) is 0 Å². The number of aryl methyl sites for hydroxylation is 2. The smallest absolute Gasteiger partial charge is 0.195 e. The second kappa shape index (κ2) is 5.94. The molecule has 0 atom stereocenters. The van der Waals surface area contributed by atoms with Crippen molar-refractivity contribution < 1.29 is 19.0 Å². The average molecular weight is 278 g/mol. The summed E-state index contributed by atoms with van der Waals surface area (Å²) < 4.78 is 16.2. The van der Waals surface area contributed by atoms with Gasteiger partial charge in [-0.3, -0.25) is 4.79 Å². The van der Waals surface area contributed by atoms with Crippen molar-refractivity contribution in [2.45, 2.75) is 32.3 Å². The first-order chi connectivity index (χ1) is 9.54. The number of methoxy groups -OCH3 is 2. The van der Waals surface area contributed by atoms with E-state index in [0.29, 0.717) is 31.6 Å². The first-order valence-corrected chi connectivity index (χ1v) is 6.87. The third-order valence-electron chi connectivity index (χ3n) is 4.09. The molecule has 1 aliphatic heterocycles. The average Bonchev–Trinajstić information content (AvgIpc) is 2.49. The van der Waals surface area contributed by atoms with Crippen molar-refractivity contribution >= 4 is 5.78 Å². The summed E-state index contributed by atoms with van der Waals surface area (Å²) >= 11 is 0. The Morgan fingerprint density at radius 2 is 1.80 bits per heavy atom. The van der Waals surface area contributed by atoms with Crippen LogP contribution in [0.5, 0.6) is 5.75 Å². The summed E-state index contributed by atoms with van der Waals surface area (Å²) in [5, 5.41) is 0. The standard InChI is InChI=1S/C16H22O4/c1-11-10-14(18-3)12(2)9-13(11)15(17)16(19-4)5-7-20-8-6-16/h9-10H,5-8H2,1-4H3. The Hall–Kier alpha value is -1.39. The van der Waals surface area contributed by atoms with Crippen LogP contribution in [0, 0.1) is 13.8 Å². The van der Waals surface area contributed by atoms with Crippen LogP contribution in [0.25, 0.3) is 0 Å². The quantitative estimate of drug-likeness (QED) is 0.794. The lowest BCUT2D eigenvalue weighted by molar-refractivity contribution is -0.0663. The zero-order valence-corrected chi connectivity index (χ0v) is 12.6. The third kappa shape index (κ3) is 2.58. The Labute approximate surface area is 120 Å². The minimum absolute atomic E-state index is 0.0477. The molecule has 0 aromatic heterocycles. The van der Waals surface area contributed by atoms with E-state index in [-0.39, 0.29) is 5.78 Å². The maximum atomic E-state index is 12.9. The van der Waals surface area contributed by atoms with Gasteiger partial charge in [-0.15, -0.1) is 0 Å². The number of rotatable bonds is 4. The van der Waals surface area contributed by atoms with E-state index in [9.17, 15) is 4.79 Å². The predicted molar refractivity (Wildman–Crippen MR) is 76.6 cm³/mol. The van der Waals surface area contributed by atoms with Crippen LogP contribution >= 0.6 is 0 Å². The van der Waals surface area contributed by atoms with Crippen LogP contribution in [0.4, 0.5) is 0 Å². The van der Waals surface area contributed by atoms with E-state index >= 15 is 0 Å². The van der Waals surface area contributed by atoms with Gasteiger partial charge in [-0.2, -0.15) is 0 Å². The molecule has 2 rings (SSSR count). The molecule has 110 valence electrons. The Balaban J connectivity index is 2.39. The summed E-state index contributed by atoms with van der Waals surface area (Å²) in [4.78, 5) is 12.9. The molecule has 1 fully saturated rings. The molecule has 1 saturated heterocycles. The lowest BCUT2D eigenvalue weighted by Gasteiger charge is -2.34. The van der Waals surface area contributed by atoms with Gasteiger partial charge >= 0.3 is 0 Å². The second-order valence-electron chi connectivity index (χ2n) is 5.28. The Morgan fingerprint density at radius 3 is 2.35 bits per heavy atom. The van der Waals surface area contributed by atoms with Crippen molar-refractivity contribution in [3.63, 3.8) is 0 Å². The molecule has 1 aromatic carbocycles. The van der Waals surface area contributed by atoms with Gasteiger partial charge in [0.1, 0.15) is 11.4 Å². The fourth-order valence-electron chi connectivity index (χ4n) is 2.72. The van der Waals surface area contributed by atoms with E-state index in [0.717, 1.165) is 16.9 Å². The van der Waals surface area contributed by atoms with Crippen LogP contribution in [-0.4, -0.2) is 38.8 Å². The Bertz CT molecular complexity index is 501. The van der Waals surface area contributed by atoms with Gasteiger partial charge in [-0.1, -0.05) is 0 Å². The zero-order valence-electron chi connectivity index (χ0n) is 12.6. The Kier molecular flexibility index (Phi) is 4.45. The number of ketones is 1. The van der Waals surface area contributed by atoms with Crippen LogP contribution in [0.1, 0.15) is 34.3 Å². The van der Waals surface area contributed by atoms with Crippen molar-refractivity contribution in [3.05, 3.63) is 28.8 Å². The molecular weight excluding hydrogens is 256 g/mol. The molecule has 20 heavy (non-hydrogen) atoms. The monoisotopic (exact) mass is 278 g/mol. The first kappa shape index (κ1) is 15.0. The van der Waals surface area contributed by atoms with Crippen LogP contribution in [0.15, 0.2) is 12.1 Å². The molecule has 0 saturated carbocycles. The summed E-state index contributed by atoms with van der Waals surface area (Å²) in [6.45, 7) is 5.00. The SMILES string of the molecule is COc1cc(C)c(C(=O)C2(OC)CCOCC2)cc1C. The molecule has 0 unspecified atom stereocenters. The van der Waals surface area contributed by atoms with Crippen LogP contribution in [-0.2, 0) is 9.47 Å². The number of benzene rings is 1. The fourth-order valence-corrected chi connectivity index (χ4v) is 2.72. The van der Waals surface area contributed by atoms with Crippen molar-refractivity contribution in [1.82, 2.24) is 0 Å². The third-order valence-corrected chi connectivity index (χ3v) is 4.09. The minimum atomic E-state index is -0.746. The lowest BCUT2D eigenvalue weighted by Crippen LogP contribution is -2.46. The molecule has 0 bridgehead atoms. The predicted octanol–water partition coefficient (Wildman–Crippen LogP) is 2.69. The number of carbonyl (C=O) groups is 1. The van der Waals surface area contributed by atoms with Gasteiger partial charge in [0.15, 0.2) is 5.78 Å². The summed E-state index contributed by atoms with van der Waals surface area (Å²) in [7, 11) is 3.24. The van der Waals surface area contributed by atoms with E-state index in [2.05, 4.69) is 0 Å². The molecule has 0 radical (unpaired) electrons. The topological polar surface area (TPSA) is 44.8 Å². The highest BCUT2D eigenvalue weighted by Gasteiger charge is 2.41. The second-order valence-corrected chi connectivity index (χ2v) is 5.28. The number of carbonyl (C=O) groups excluding carboxylic acids is 1. The van der Waals surface area contributed by atoms with Crippen molar-refractivity contribution in [1.29, 1.82) is 0 Å². The number of Topliss-reactive ketones (excluding diaryl/α,β-unsaturated/α-hetero) is 1. The normalized spacial score (nSPS) is 17.8. The summed E-state index contributed by atoms with van der Waals surface area (Å²) in [6.07, 6.45) is 1.21. The van der Waals surface area contributed by atoms with Gasteiger partial charge in [0, 0.05) is 38.7 Å². The molecule has 1 aromatic rings. The highest BCUT2D eigenvalue weighted by molar-refractivity contribution is 6.04. The van der Waals surface area contributed by atoms with Crippen LogP contribution < -0.4 is 4.74 Å². The van der Waals surface area contributed by atoms with Crippen LogP contribution in [0.3, 0.4) is 0 Å². The lowest BCUT2D eigenvalue weighted by atomic mass is 9.83. The van der Waals surface area contributed by atoms with Gasteiger partial charge in [0.05, 0.1) is 7.11 Å². The zero-order chi connectivity index (χ0) is 14.8. The molecule has 1 heterocycles. The Morgan fingerprint density at radius 1 is 1.15 bits per heavy atom. The van der Waals surface area contributed by atoms with Gasteiger partial charge < -0.3 is 14.2 Å². The summed E-state index contributed by atoms with van der Waals surface area (Å²) in [5.74, 6) is 0.851. The van der Waals surface area contributed by atoms with Crippen molar-refractivity contribution in [3.8, 4) is 5.75 Å². The molecule has 0 N–H and O–H groups in total. The number of ether oxygens (including phenoxy) is 3. The van der Waals surface area contributed by atoms with Crippen molar-refractivity contribution in [2.24, 2.45) is 0 Å². The largest absolute Gasteiger partial charge is 0.496 e. The van der Waals surface area contributed by atoms with E-state index in [1.54, 1.807) is 14.2 Å². The maximum Gasteiger partial charge on any atom is 0.195 e. The van der Waals surface area contributed by atoms with E-state index in [4.69, 9.17) is 14.2 Å². The number of hydrogen-bond acceptors (Lipinski definition) is 4. The van der Waals surface area contributed by atoms with Crippen molar-refractivity contribution in [2.75, 3.05) is 27.4 Å². The first-order valence-electron chi connectivity index (χ1n) is 6.87. The molecule has 0 amide bonds. The minimum Gasteiger partial charge on any atom is -0.496 e. The van der Waals surface area contributed by atoms with Gasteiger partial charge in [-0.25, -0.2) is 0 Å². The van der Waals surface area contributed by atoms with Crippen LogP contribution in [0.2, 0.25) is 0 Å². The molecular formula is C16H22O4. The molecule has 0 spiro atoms. The van der Waals surface area contributed by atoms with E-state index < -0.39 is 5.60 Å². The van der Waals surface area contributed by atoms with Gasteiger partial charge in [-0.05, 0) is 37.1 Å². The van der Waals surface area contributed by atoms with E-state index in [1.807, 2.05) is 26.0 Å². The van der Waals surface area contributed by atoms with Gasteiger partial charge in [0.2, 0.25) is 0 Å². The molecule has 4 heteroatoms. The number of hydrogen-bond donors (Lipinski definition) is 0. The molecule has 1 aliphatic rings. The molecule has 4 nitrogen and oxygen atoms in total. The highest BCUT2D eigenvalue weighted by atomic mass is 16.5.